The van der Waals surface area contributed by atoms with Gasteiger partial charge in [0.1, 0.15) is 12.4 Å². The lowest BCUT2D eigenvalue weighted by atomic mass is 10.2. The number of ether oxygens (including phenoxy) is 1. The molecule has 0 aliphatic carbocycles. The highest BCUT2D eigenvalue weighted by Gasteiger charge is 2.19. The number of amides is 3. The van der Waals surface area contributed by atoms with Gasteiger partial charge in [-0.3, -0.25) is 4.79 Å². The smallest absolute Gasteiger partial charge is 0.321 e. The summed E-state index contributed by atoms with van der Waals surface area (Å²) in [4.78, 5) is 27.4. The molecule has 7 heteroatoms. The summed E-state index contributed by atoms with van der Waals surface area (Å²) in [5.74, 6) is 0.921. The fourth-order valence-corrected chi connectivity index (χ4v) is 3.06. The van der Waals surface area contributed by atoms with Crippen LogP contribution in [0.1, 0.15) is 18.4 Å². The third-order valence-electron chi connectivity index (χ3n) is 4.61. The van der Waals surface area contributed by atoms with Gasteiger partial charge in [0, 0.05) is 37.3 Å². The van der Waals surface area contributed by atoms with Gasteiger partial charge in [-0.15, -0.1) is 0 Å². The zero-order chi connectivity index (χ0) is 19.9. The zero-order valence-corrected chi connectivity index (χ0v) is 16.6. The maximum absolute atomic E-state index is 12.3. The second-order valence-corrected chi connectivity index (χ2v) is 7.21. The quantitative estimate of drug-likeness (QED) is 0.762. The lowest BCUT2D eigenvalue weighted by Gasteiger charge is -2.19. The summed E-state index contributed by atoms with van der Waals surface area (Å²) in [6.07, 6.45) is 1.57. The average Bonchev–Trinajstić information content (AvgIpc) is 3.09. The number of hydrogen-bond acceptors (Lipinski definition) is 3. The van der Waals surface area contributed by atoms with Crippen molar-refractivity contribution in [2.24, 2.45) is 0 Å². The van der Waals surface area contributed by atoms with Gasteiger partial charge in [-0.25, -0.2) is 4.79 Å². The molecule has 6 nitrogen and oxygen atoms in total. The zero-order valence-electron chi connectivity index (χ0n) is 15.9. The minimum absolute atomic E-state index is 0.206. The molecule has 148 valence electrons. The Morgan fingerprint density at radius 1 is 1.18 bits per heavy atom. The summed E-state index contributed by atoms with van der Waals surface area (Å²) < 4.78 is 5.61. The van der Waals surface area contributed by atoms with Crippen LogP contribution in [0, 0.1) is 0 Å². The Bertz CT molecular complexity index is 809. The maximum Gasteiger partial charge on any atom is 0.321 e. The van der Waals surface area contributed by atoms with Crippen molar-refractivity contribution in [1.82, 2.24) is 9.80 Å². The first kappa shape index (κ1) is 20.0. The van der Waals surface area contributed by atoms with Crippen LogP contribution in [0.5, 0.6) is 5.75 Å². The molecule has 1 fully saturated rings. The fourth-order valence-electron chi connectivity index (χ4n) is 2.94. The Balaban J connectivity index is 1.42. The molecule has 1 aliphatic heterocycles. The predicted octanol–water partition coefficient (Wildman–Crippen LogP) is 4.01. The number of urea groups is 1. The molecular weight excluding hydrogens is 378 g/mol. The van der Waals surface area contributed by atoms with Gasteiger partial charge in [-0.05, 0) is 48.4 Å². The number of benzene rings is 2. The second-order valence-electron chi connectivity index (χ2n) is 6.77. The number of nitrogens with one attached hydrogen (secondary N) is 1. The van der Waals surface area contributed by atoms with E-state index in [0.717, 1.165) is 18.5 Å². The third kappa shape index (κ3) is 5.63. The molecule has 1 saturated heterocycles. The third-order valence-corrected chi connectivity index (χ3v) is 4.86. The van der Waals surface area contributed by atoms with E-state index >= 15 is 0 Å². The summed E-state index contributed by atoms with van der Waals surface area (Å²) in [5.41, 5.74) is 1.77. The highest BCUT2D eigenvalue weighted by molar-refractivity contribution is 6.30. The average molecular weight is 402 g/mol. The van der Waals surface area contributed by atoms with Crippen LogP contribution < -0.4 is 10.1 Å². The van der Waals surface area contributed by atoms with Crippen LogP contribution >= 0.6 is 11.6 Å². The Labute approximate surface area is 170 Å². The summed E-state index contributed by atoms with van der Waals surface area (Å²) in [6.45, 7) is 2.27. The molecule has 0 spiro atoms. The molecule has 1 N–H and O–H groups in total. The Hall–Kier alpha value is -2.73. The molecule has 2 aromatic carbocycles. The molecule has 0 bridgehead atoms. The van der Waals surface area contributed by atoms with Crippen molar-refractivity contribution in [3.8, 4) is 5.75 Å². The number of carbonyl (C=O) groups is 2. The number of halogens is 1. The van der Waals surface area contributed by atoms with Gasteiger partial charge in [0.2, 0.25) is 5.91 Å². The van der Waals surface area contributed by atoms with Crippen molar-refractivity contribution >= 4 is 29.2 Å². The first-order chi connectivity index (χ1) is 13.5. The van der Waals surface area contributed by atoms with Crippen LogP contribution in [0.15, 0.2) is 48.5 Å². The normalized spacial score (nSPS) is 13.5. The van der Waals surface area contributed by atoms with Crippen molar-refractivity contribution < 1.29 is 14.3 Å². The first-order valence-corrected chi connectivity index (χ1v) is 9.66. The largest absolute Gasteiger partial charge is 0.492 e. The fraction of sp³-hybridized carbons (Fsp3) is 0.333. The van der Waals surface area contributed by atoms with E-state index in [2.05, 4.69) is 5.32 Å². The van der Waals surface area contributed by atoms with Crippen molar-refractivity contribution in [3.63, 3.8) is 0 Å². The number of nitrogens with zero attached hydrogens (tertiary/aromatic N) is 2. The van der Waals surface area contributed by atoms with Gasteiger partial charge >= 0.3 is 6.03 Å². The van der Waals surface area contributed by atoms with Gasteiger partial charge in [0.25, 0.3) is 0 Å². The van der Waals surface area contributed by atoms with Crippen LogP contribution in [0.4, 0.5) is 10.5 Å². The van der Waals surface area contributed by atoms with Crippen LogP contribution in [-0.2, 0) is 11.3 Å². The maximum atomic E-state index is 12.3. The van der Waals surface area contributed by atoms with E-state index < -0.39 is 0 Å². The lowest BCUT2D eigenvalue weighted by molar-refractivity contribution is -0.128. The molecule has 28 heavy (non-hydrogen) atoms. The SMILES string of the molecule is CN(CCOc1ccc(Cl)cc1)C(=O)Nc1ccc(CN2CCCC2=O)cc1. The molecule has 3 amide bonds. The van der Waals surface area contributed by atoms with Crippen molar-refractivity contribution in [2.75, 3.05) is 32.1 Å². The topological polar surface area (TPSA) is 61.9 Å². The number of anilines is 1. The molecule has 2 aromatic rings. The molecule has 0 radical (unpaired) electrons. The Morgan fingerprint density at radius 2 is 1.89 bits per heavy atom. The number of likely N-dealkylation sites (tertiary alicyclic amines) is 1. The van der Waals surface area contributed by atoms with Gasteiger partial charge in [0.05, 0.1) is 6.54 Å². The van der Waals surface area contributed by atoms with Crippen molar-refractivity contribution in [3.05, 3.63) is 59.1 Å². The van der Waals surface area contributed by atoms with E-state index in [-0.39, 0.29) is 11.9 Å². The highest BCUT2D eigenvalue weighted by Crippen LogP contribution is 2.17. The van der Waals surface area contributed by atoms with E-state index in [1.807, 2.05) is 29.2 Å². The number of rotatable bonds is 7. The minimum atomic E-state index is -0.206. The van der Waals surface area contributed by atoms with Crippen LogP contribution in [0.2, 0.25) is 5.02 Å². The molecule has 1 aliphatic rings. The summed E-state index contributed by atoms with van der Waals surface area (Å²) >= 11 is 5.84. The van der Waals surface area contributed by atoms with E-state index in [9.17, 15) is 9.59 Å². The Kier molecular flexibility index (Phi) is 6.76. The van der Waals surface area contributed by atoms with Gasteiger partial charge < -0.3 is 19.9 Å². The molecule has 3 rings (SSSR count). The summed E-state index contributed by atoms with van der Waals surface area (Å²) in [5, 5.41) is 3.52. The first-order valence-electron chi connectivity index (χ1n) is 9.28. The molecule has 1 heterocycles. The second kappa shape index (κ2) is 9.46. The van der Waals surface area contributed by atoms with Crippen LogP contribution in [-0.4, -0.2) is 48.5 Å². The van der Waals surface area contributed by atoms with E-state index in [4.69, 9.17) is 16.3 Å². The van der Waals surface area contributed by atoms with Crippen molar-refractivity contribution in [2.45, 2.75) is 19.4 Å². The van der Waals surface area contributed by atoms with E-state index in [1.54, 1.807) is 36.2 Å². The molecule has 0 aromatic heterocycles. The van der Waals surface area contributed by atoms with Gasteiger partial charge in [0.15, 0.2) is 0 Å². The monoisotopic (exact) mass is 401 g/mol. The number of likely N-dealkylation sites (N-methyl/N-ethyl adjacent to an activating group) is 1. The summed E-state index contributed by atoms with van der Waals surface area (Å²) in [7, 11) is 1.72. The van der Waals surface area contributed by atoms with Gasteiger partial charge in [-0.2, -0.15) is 0 Å². The minimum Gasteiger partial charge on any atom is -0.492 e. The standard InChI is InChI=1S/C21H24ClN3O3/c1-24(13-14-28-19-10-6-17(22)7-11-19)21(27)23-18-8-4-16(5-9-18)15-25-12-2-3-20(25)26/h4-11H,2-3,12-15H2,1H3,(H,23,27). The van der Waals surface area contributed by atoms with E-state index in [1.165, 1.54) is 0 Å². The lowest BCUT2D eigenvalue weighted by Crippen LogP contribution is -2.34. The number of carbonyl (C=O) groups excluding carboxylic acids is 2. The van der Waals surface area contributed by atoms with Crippen molar-refractivity contribution in [1.29, 1.82) is 0 Å². The van der Waals surface area contributed by atoms with Crippen LogP contribution in [0.3, 0.4) is 0 Å². The van der Waals surface area contributed by atoms with E-state index in [0.29, 0.717) is 42.6 Å². The Morgan fingerprint density at radius 3 is 2.54 bits per heavy atom. The van der Waals surface area contributed by atoms with Gasteiger partial charge in [-0.1, -0.05) is 23.7 Å². The molecule has 0 atom stereocenters. The predicted molar refractivity (Wildman–Crippen MR) is 110 cm³/mol. The van der Waals surface area contributed by atoms with Crippen LogP contribution in [0.25, 0.3) is 0 Å². The molecule has 0 saturated carbocycles. The molecular formula is C21H24ClN3O3. The summed E-state index contributed by atoms with van der Waals surface area (Å²) in [6, 6.07) is 14.5. The molecule has 0 unspecified atom stereocenters. The highest BCUT2D eigenvalue weighted by atomic mass is 35.5. The number of hydrogen-bond donors (Lipinski definition) is 1.